The molecular formula is C12H24N2O3. The molecule has 0 aliphatic heterocycles. The van der Waals surface area contributed by atoms with E-state index in [1.807, 2.05) is 13.8 Å². The molecule has 1 aliphatic carbocycles. The summed E-state index contributed by atoms with van der Waals surface area (Å²) in [5.74, 6) is 0.251. The summed E-state index contributed by atoms with van der Waals surface area (Å²) < 4.78 is 10.5. The molecule has 5 nitrogen and oxygen atoms in total. The first-order valence-electron chi connectivity index (χ1n) is 6.24. The minimum Gasteiger partial charge on any atom is -0.384 e. The summed E-state index contributed by atoms with van der Waals surface area (Å²) in [5.41, 5.74) is 5.86. The lowest BCUT2D eigenvalue weighted by Crippen LogP contribution is -2.64. The van der Waals surface area contributed by atoms with E-state index in [4.69, 9.17) is 15.2 Å². The second kappa shape index (κ2) is 6.93. The van der Waals surface area contributed by atoms with E-state index in [0.717, 1.165) is 6.42 Å². The Bertz CT molecular complexity index is 246. The first-order valence-corrected chi connectivity index (χ1v) is 6.24. The molecule has 100 valence electrons. The van der Waals surface area contributed by atoms with Crippen LogP contribution in [0.15, 0.2) is 0 Å². The summed E-state index contributed by atoms with van der Waals surface area (Å²) in [5, 5.41) is 2.95. The Balaban J connectivity index is 2.29. The van der Waals surface area contributed by atoms with E-state index < -0.39 is 0 Å². The molecule has 1 aliphatic rings. The summed E-state index contributed by atoms with van der Waals surface area (Å²) in [6.45, 7) is 5.19. The van der Waals surface area contributed by atoms with E-state index in [2.05, 4.69) is 5.32 Å². The normalized spacial score (nSPS) is 29.5. The third kappa shape index (κ3) is 4.26. The zero-order valence-corrected chi connectivity index (χ0v) is 10.9. The molecule has 5 heteroatoms. The van der Waals surface area contributed by atoms with Crippen molar-refractivity contribution in [1.82, 2.24) is 5.32 Å². The Kier molecular flexibility index (Phi) is 5.88. The number of methoxy groups -OCH3 is 1. The highest BCUT2D eigenvalue weighted by Crippen LogP contribution is 2.22. The maximum atomic E-state index is 11.7. The molecule has 0 aromatic rings. The Labute approximate surface area is 103 Å². The highest BCUT2D eigenvalue weighted by Gasteiger charge is 2.40. The number of carbonyl (C=O) groups is 1. The van der Waals surface area contributed by atoms with E-state index in [9.17, 15) is 4.79 Å². The van der Waals surface area contributed by atoms with Gasteiger partial charge in [-0.25, -0.2) is 0 Å². The van der Waals surface area contributed by atoms with Crippen molar-refractivity contribution in [2.75, 3.05) is 20.3 Å². The number of nitrogens with two attached hydrogens (primary N) is 1. The topological polar surface area (TPSA) is 73.6 Å². The first kappa shape index (κ1) is 14.4. The number of nitrogens with one attached hydrogen (secondary N) is 1. The molecule has 1 fully saturated rings. The van der Waals surface area contributed by atoms with Crippen LogP contribution in [0.5, 0.6) is 0 Å². The highest BCUT2D eigenvalue weighted by atomic mass is 16.5. The number of amides is 1. The minimum atomic E-state index is -0.0304. The van der Waals surface area contributed by atoms with Crippen LogP contribution in [0.1, 0.15) is 26.7 Å². The van der Waals surface area contributed by atoms with E-state index in [1.165, 1.54) is 0 Å². The fraction of sp³-hybridized carbons (Fsp3) is 0.917. The molecule has 0 heterocycles. The molecule has 0 bridgehead atoms. The number of rotatable bonds is 7. The molecule has 1 amide bonds. The summed E-state index contributed by atoms with van der Waals surface area (Å²) in [6, 6.07) is -0.00886. The lowest BCUT2D eigenvalue weighted by Gasteiger charge is -2.42. The van der Waals surface area contributed by atoms with Gasteiger partial charge in [-0.3, -0.25) is 4.79 Å². The Morgan fingerprint density at radius 1 is 1.59 bits per heavy atom. The van der Waals surface area contributed by atoms with Crippen LogP contribution in [0.4, 0.5) is 0 Å². The van der Waals surface area contributed by atoms with Gasteiger partial charge in [-0.05, 0) is 19.3 Å². The molecular weight excluding hydrogens is 220 g/mol. The van der Waals surface area contributed by atoms with E-state index in [0.29, 0.717) is 19.6 Å². The number of ether oxygens (including phenoxy) is 2. The summed E-state index contributed by atoms with van der Waals surface area (Å²) >= 11 is 0. The van der Waals surface area contributed by atoms with E-state index in [-0.39, 0.29) is 30.0 Å². The van der Waals surface area contributed by atoms with Gasteiger partial charge in [-0.2, -0.15) is 0 Å². The van der Waals surface area contributed by atoms with Crippen LogP contribution in [0.2, 0.25) is 0 Å². The van der Waals surface area contributed by atoms with Crippen molar-refractivity contribution in [2.45, 2.75) is 44.9 Å². The molecule has 4 unspecified atom stereocenters. The molecule has 0 radical (unpaired) electrons. The van der Waals surface area contributed by atoms with Crippen LogP contribution in [-0.2, 0) is 14.3 Å². The molecule has 3 N–H and O–H groups in total. The largest absolute Gasteiger partial charge is 0.384 e. The first-order chi connectivity index (χ1) is 8.08. The lowest BCUT2D eigenvalue weighted by atomic mass is 9.83. The van der Waals surface area contributed by atoms with Crippen molar-refractivity contribution in [2.24, 2.45) is 11.7 Å². The van der Waals surface area contributed by atoms with Crippen LogP contribution in [0.3, 0.4) is 0 Å². The molecule has 0 saturated heterocycles. The number of hydrogen-bond acceptors (Lipinski definition) is 4. The summed E-state index contributed by atoms with van der Waals surface area (Å²) in [6.07, 6.45) is 1.37. The predicted octanol–water partition coefficient (Wildman–Crippen LogP) is 0.280. The zero-order chi connectivity index (χ0) is 12.8. The van der Waals surface area contributed by atoms with Gasteiger partial charge in [0.25, 0.3) is 0 Å². The Hall–Kier alpha value is -0.650. The third-order valence-electron chi connectivity index (χ3n) is 3.06. The SMILES string of the molecule is CCOC1CC(N)C1NC(=O)CC(C)COC. The molecule has 0 aromatic carbocycles. The van der Waals surface area contributed by atoms with Crippen LogP contribution in [0, 0.1) is 5.92 Å². The predicted molar refractivity (Wildman–Crippen MR) is 65.6 cm³/mol. The van der Waals surface area contributed by atoms with Gasteiger partial charge in [0, 0.05) is 32.8 Å². The maximum absolute atomic E-state index is 11.7. The van der Waals surface area contributed by atoms with Crippen LogP contribution in [-0.4, -0.2) is 44.4 Å². The average Bonchev–Trinajstić information content (AvgIpc) is 2.26. The monoisotopic (exact) mass is 244 g/mol. The van der Waals surface area contributed by atoms with Gasteiger partial charge in [0.15, 0.2) is 0 Å². The van der Waals surface area contributed by atoms with Gasteiger partial charge in [0.05, 0.1) is 12.1 Å². The molecule has 1 saturated carbocycles. The van der Waals surface area contributed by atoms with Crippen LogP contribution in [0.25, 0.3) is 0 Å². The molecule has 1 rings (SSSR count). The molecule has 4 atom stereocenters. The van der Waals surface area contributed by atoms with Crippen LogP contribution >= 0.6 is 0 Å². The van der Waals surface area contributed by atoms with Gasteiger partial charge in [0.2, 0.25) is 5.91 Å². The third-order valence-corrected chi connectivity index (χ3v) is 3.06. The van der Waals surface area contributed by atoms with Crippen molar-refractivity contribution in [3.05, 3.63) is 0 Å². The summed E-state index contributed by atoms with van der Waals surface area (Å²) in [4.78, 5) is 11.7. The van der Waals surface area contributed by atoms with Gasteiger partial charge in [0.1, 0.15) is 0 Å². The second-order valence-electron chi connectivity index (χ2n) is 4.75. The zero-order valence-electron chi connectivity index (χ0n) is 10.9. The van der Waals surface area contributed by atoms with Crippen molar-refractivity contribution >= 4 is 5.91 Å². The van der Waals surface area contributed by atoms with Crippen molar-refractivity contribution in [1.29, 1.82) is 0 Å². The Morgan fingerprint density at radius 3 is 2.82 bits per heavy atom. The maximum Gasteiger partial charge on any atom is 0.220 e. The Morgan fingerprint density at radius 2 is 2.29 bits per heavy atom. The quantitative estimate of drug-likeness (QED) is 0.674. The van der Waals surface area contributed by atoms with Gasteiger partial charge >= 0.3 is 0 Å². The highest BCUT2D eigenvalue weighted by molar-refractivity contribution is 5.76. The minimum absolute atomic E-state index is 0.0215. The van der Waals surface area contributed by atoms with Crippen molar-refractivity contribution in [3.8, 4) is 0 Å². The van der Waals surface area contributed by atoms with Gasteiger partial charge in [-0.15, -0.1) is 0 Å². The molecule has 17 heavy (non-hydrogen) atoms. The fourth-order valence-corrected chi connectivity index (χ4v) is 2.13. The molecule has 0 aromatic heterocycles. The standard InChI is InChI=1S/C12H24N2O3/c1-4-17-10-6-9(13)12(10)14-11(15)5-8(2)7-16-3/h8-10,12H,4-7,13H2,1-3H3,(H,14,15). The van der Waals surface area contributed by atoms with E-state index in [1.54, 1.807) is 7.11 Å². The number of carbonyl (C=O) groups excluding carboxylic acids is 1. The van der Waals surface area contributed by atoms with Crippen LogP contribution < -0.4 is 11.1 Å². The smallest absolute Gasteiger partial charge is 0.220 e. The second-order valence-corrected chi connectivity index (χ2v) is 4.75. The molecule has 0 spiro atoms. The fourth-order valence-electron chi connectivity index (χ4n) is 2.13. The van der Waals surface area contributed by atoms with Crippen molar-refractivity contribution < 1.29 is 14.3 Å². The van der Waals surface area contributed by atoms with Crippen molar-refractivity contribution in [3.63, 3.8) is 0 Å². The van der Waals surface area contributed by atoms with E-state index >= 15 is 0 Å². The summed E-state index contributed by atoms with van der Waals surface area (Å²) in [7, 11) is 1.64. The average molecular weight is 244 g/mol. The van der Waals surface area contributed by atoms with Gasteiger partial charge < -0.3 is 20.5 Å². The number of hydrogen-bond donors (Lipinski definition) is 2. The van der Waals surface area contributed by atoms with Gasteiger partial charge in [-0.1, -0.05) is 6.92 Å². The lowest BCUT2D eigenvalue weighted by molar-refractivity contribution is -0.127.